The molecule has 0 radical (unpaired) electrons. The average molecular weight is 424 g/mol. The zero-order chi connectivity index (χ0) is 21.9. The van der Waals surface area contributed by atoms with Crippen molar-refractivity contribution in [2.45, 2.75) is 104 Å². The molecule has 1 fully saturated rings. The first-order valence-corrected chi connectivity index (χ1v) is 12.9. The van der Waals surface area contributed by atoms with E-state index in [-0.39, 0.29) is 5.82 Å². The number of unbranched alkanes of at least 4 members (excludes halogenated alkanes) is 4. The fourth-order valence-electron chi connectivity index (χ4n) is 5.16. The minimum absolute atomic E-state index is 0.139. The summed E-state index contributed by atoms with van der Waals surface area (Å²) in [5.74, 6) is 1.65. The van der Waals surface area contributed by atoms with Crippen LogP contribution in [0.2, 0.25) is 0 Å². The van der Waals surface area contributed by atoms with Gasteiger partial charge in [-0.15, -0.1) is 0 Å². The number of nitrogens with zero attached hydrogens (tertiary/aromatic N) is 1. The summed E-state index contributed by atoms with van der Waals surface area (Å²) in [7, 11) is 0. The van der Waals surface area contributed by atoms with Crippen molar-refractivity contribution in [1.29, 1.82) is 0 Å². The summed E-state index contributed by atoms with van der Waals surface area (Å²) in [6.45, 7) is 4.45. The van der Waals surface area contributed by atoms with E-state index in [9.17, 15) is 4.39 Å². The number of aryl methyl sites for hydroxylation is 2. The highest BCUT2D eigenvalue weighted by atomic mass is 19.1. The van der Waals surface area contributed by atoms with Crippen molar-refractivity contribution in [2.24, 2.45) is 11.8 Å². The standard InChI is InChI=1S/C29H42FN/c1-3-5-6-7-8-10-23-11-13-24(14-12-23)15-16-25-17-19-27(28(30)21-25)29-20-18-26(9-4-2)22-31-29/h17-24H,3-16H2,1-2H3. The first-order valence-electron chi connectivity index (χ1n) is 12.9. The Kier molecular flexibility index (Phi) is 10.0. The Morgan fingerprint density at radius 3 is 2.13 bits per heavy atom. The van der Waals surface area contributed by atoms with Gasteiger partial charge in [-0.25, -0.2) is 4.39 Å². The van der Waals surface area contributed by atoms with Gasteiger partial charge in [0.2, 0.25) is 0 Å². The maximum atomic E-state index is 14.8. The van der Waals surface area contributed by atoms with Gasteiger partial charge in [0, 0.05) is 11.8 Å². The highest BCUT2D eigenvalue weighted by Gasteiger charge is 2.20. The highest BCUT2D eigenvalue weighted by Crippen LogP contribution is 2.34. The summed E-state index contributed by atoms with van der Waals surface area (Å²) in [6, 6.07) is 9.77. The van der Waals surface area contributed by atoms with Crippen molar-refractivity contribution in [3.05, 3.63) is 53.5 Å². The monoisotopic (exact) mass is 423 g/mol. The van der Waals surface area contributed by atoms with Crippen LogP contribution in [-0.4, -0.2) is 4.98 Å². The second kappa shape index (κ2) is 13.0. The quantitative estimate of drug-likeness (QED) is 0.310. The fraction of sp³-hybridized carbons (Fsp3) is 0.621. The molecular formula is C29H42FN. The molecule has 1 aromatic heterocycles. The van der Waals surface area contributed by atoms with Crippen molar-refractivity contribution in [3.8, 4) is 11.3 Å². The van der Waals surface area contributed by atoms with Gasteiger partial charge in [0.05, 0.1) is 5.69 Å². The smallest absolute Gasteiger partial charge is 0.132 e. The molecule has 0 spiro atoms. The molecule has 1 aromatic carbocycles. The molecule has 0 aliphatic heterocycles. The van der Waals surface area contributed by atoms with Gasteiger partial charge in [0.1, 0.15) is 5.82 Å². The number of benzene rings is 1. The van der Waals surface area contributed by atoms with Gasteiger partial charge in [-0.3, -0.25) is 4.98 Å². The van der Waals surface area contributed by atoms with Crippen molar-refractivity contribution in [2.75, 3.05) is 0 Å². The van der Waals surface area contributed by atoms with Crippen LogP contribution in [0.5, 0.6) is 0 Å². The van der Waals surface area contributed by atoms with Crippen LogP contribution in [0.1, 0.15) is 102 Å². The van der Waals surface area contributed by atoms with E-state index >= 15 is 0 Å². The third kappa shape index (κ3) is 7.74. The van der Waals surface area contributed by atoms with Crippen LogP contribution in [0, 0.1) is 17.7 Å². The van der Waals surface area contributed by atoms with Crippen molar-refractivity contribution >= 4 is 0 Å². The van der Waals surface area contributed by atoms with Gasteiger partial charge in [0.15, 0.2) is 0 Å². The van der Waals surface area contributed by atoms with Crippen molar-refractivity contribution < 1.29 is 4.39 Å². The average Bonchev–Trinajstić information content (AvgIpc) is 2.79. The predicted octanol–water partition coefficient (Wildman–Crippen LogP) is 8.94. The number of pyridine rings is 1. The zero-order valence-electron chi connectivity index (χ0n) is 19.8. The summed E-state index contributed by atoms with van der Waals surface area (Å²) in [4.78, 5) is 4.48. The molecule has 0 atom stereocenters. The van der Waals surface area contributed by atoms with E-state index < -0.39 is 0 Å². The van der Waals surface area contributed by atoms with E-state index in [1.54, 1.807) is 6.07 Å². The summed E-state index contributed by atoms with van der Waals surface area (Å²) in [5.41, 5.74) is 3.69. The van der Waals surface area contributed by atoms with Crippen LogP contribution in [0.3, 0.4) is 0 Å². The molecule has 0 unspecified atom stereocenters. The molecule has 1 nitrogen and oxygen atoms in total. The predicted molar refractivity (Wildman–Crippen MR) is 131 cm³/mol. The highest BCUT2D eigenvalue weighted by molar-refractivity contribution is 5.60. The molecule has 0 bridgehead atoms. The van der Waals surface area contributed by atoms with Gasteiger partial charge < -0.3 is 0 Å². The first-order chi connectivity index (χ1) is 15.2. The Hall–Kier alpha value is -1.70. The molecule has 1 aliphatic carbocycles. The SMILES string of the molecule is CCCCCCCC1CCC(CCc2ccc(-c3ccc(CCC)cn3)c(F)c2)CC1. The van der Waals surface area contributed by atoms with Gasteiger partial charge in [0.25, 0.3) is 0 Å². The molecular weight excluding hydrogens is 381 g/mol. The normalized spacial score (nSPS) is 18.9. The Labute approximate surface area is 189 Å². The Balaban J connectivity index is 1.42. The maximum absolute atomic E-state index is 14.8. The van der Waals surface area contributed by atoms with Crippen LogP contribution in [-0.2, 0) is 12.8 Å². The molecule has 31 heavy (non-hydrogen) atoms. The molecule has 0 amide bonds. The minimum atomic E-state index is -0.139. The van der Waals surface area contributed by atoms with E-state index in [1.165, 1.54) is 76.2 Å². The number of hydrogen-bond donors (Lipinski definition) is 0. The van der Waals surface area contributed by atoms with Crippen LogP contribution in [0.4, 0.5) is 4.39 Å². The van der Waals surface area contributed by atoms with E-state index in [0.29, 0.717) is 5.56 Å². The second-order valence-corrected chi connectivity index (χ2v) is 9.74. The lowest BCUT2D eigenvalue weighted by Gasteiger charge is -2.28. The summed E-state index contributed by atoms with van der Waals surface area (Å²) in [6.07, 6.45) is 20.2. The maximum Gasteiger partial charge on any atom is 0.132 e. The molecule has 2 aromatic rings. The summed E-state index contributed by atoms with van der Waals surface area (Å²) in [5, 5.41) is 0. The lowest BCUT2D eigenvalue weighted by molar-refractivity contribution is 0.248. The van der Waals surface area contributed by atoms with Gasteiger partial charge >= 0.3 is 0 Å². The third-order valence-corrected chi connectivity index (χ3v) is 7.20. The molecule has 0 saturated heterocycles. The van der Waals surface area contributed by atoms with Gasteiger partial charge in [-0.2, -0.15) is 0 Å². The van der Waals surface area contributed by atoms with Crippen LogP contribution in [0.25, 0.3) is 11.3 Å². The molecule has 170 valence electrons. The lowest BCUT2D eigenvalue weighted by atomic mass is 9.77. The Bertz CT molecular complexity index is 759. The third-order valence-electron chi connectivity index (χ3n) is 7.20. The summed E-state index contributed by atoms with van der Waals surface area (Å²) < 4.78 is 14.8. The molecule has 1 heterocycles. The number of hydrogen-bond acceptors (Lipinski definition) is 1. The van der Waals surface area contributed by atoms with E-state index in [4.69, 9.17) is 0 Å². The topological polar surface area (TPSA) is 12.9 Å². The van der Waals surface area contributed by atoms with Gasteiger partial charge in [-0.05, 0) is 60.4 Å². The second-order valence-electron chi connectivity index (χ2n) is 9.74. The largest absolute Gasteiger partial charge is 0.256 e. The molecule has 1 saturated carbocycles. The minimum Gasteiger partial charge on any atom is -0.256 e. The molecule has 0 N–H and O–H groups in total. The van der Waals surface area contributed by atoms with E-state index in [1.807, 2.05) is 18.3 Å². The number of rotatable bonds is 12. The van der Waals surface area contributed by atoms with E-state index in [0.717, 1.165) is 42.4 Å². The van der Waals surface area contributed by atoms with Crippen LogP contribution in [0.15, 0.2) is 36.5 Å². The van der Waals surface area contributed by atoms with E-state index in [2.05, 4.69) is 31.0 Å². The Morgan fingerprint density at radius 2 is 1.48 bits per heavy atom. The number of halogens is 1. The first kappa shape index (κ1) is 24.0. The van der Waals surface area contributed by atoms with Crippen LogP contribution >= 0.6 is 0 Å². The zero-order valence-corrected chi connectivity index (χ0v) is 19.8. The lowest BCUT2D eigenvalue weighted by Crippen LogP contribution is -2.15. The van der Waals surface area contributed by atoms with Crippen LogP contribution < -0.4 is 0 Å². The summed E-state index contributed by atoms with van der Waals surface area (Å²) >= 11 is 0. The Morgan fingerprint density at radius 1 is 0.774 bits per heavy atom. The number of aromatic nitrogens is 1. The fourth-order valence-corrected chi connectivity index (χ4v) is 5.16. The molecule has 3 rings (SSSR count). The molecule has 1 aliphatic rings. The molecule has 2 heteroatoms. The van der Waals surface area contributed by atoms with Crippen molar-refractivity contribution in [1.82, 2.24) is 4.98 Å². The van der Waals surface area contributed by atoms with Gasteiger partial charge in [-0.1, -0.05) is 96.6 Å². The van der Waals surface area contributed by atoms with Crippen molar-refractivity contribution in [3.63, 3.8) is 0 Å².